The van der Waals surface area contributed by atoms with Gasteiger partial charge in [0.15, 0.2) is 17.0 Å². The second-order valence-corrected chi connectivity index (χ2v) is 6.55. The zero-order valence-electron chi connectivity index (χ0n) is 14.5. The van der Waals surface area contributed by atoms with Crippen molar-refractivity contribution >= 4 is 23.2 Å². The average molecular weight is 397 g/mol. The highest BCUT2D eigenvalue weighted by Gasteiger charge is 2.35. The first-order valence-corrected chi connectivity index (χ1v) is 8.61. The number of benzene rings is 1. The summed E-state index contributed by atoms with van der Waals surface area (Å²) in [7, 11) is 0. The maximum absolute atomic E-state index is 13.5. The van der Waals surface area contributed by atoms with Crippen molar-refractivity contribution in [3.05, 3.63) is 52.8 Å². The number of rotatable bonds is 4. The second-order valence-electron chi connectivity index (χ2n) is 6.11. The highest BCUT2D eigenvalue weighted by atomic mass is 35.5. The summed E-state index contributed by atoms with van der Waals surface area (Å²) in [5.74, 6) is -0.545. The molecule has 0 radical (unpaired) electrons. The largest absolute Gasteiger partial charge is 0.433 e. The van der Waals surface area contributed by atoms with Crippen LogP contribution in [0.5, 0.6) is 0 Å². The van der Waals surface area contributed by atoms with E-state index in [0.29, 0.717) is 21.5 Å². The molecule has 0 aliphatic carbocycles. The number of halogens is 4. The highest BCUT2D eigenvalue weighted by Crippen LogP contribution is 2.32. The van der Waals surface area contributed by atoms with Crippen molar-refractivity contribution in [2.24, 2.45) is 0 Å². The molecule has 1 atom stereocenters. The molecule has 142 valence electrons. The van der Waals surface area contributed by atoms with Gasteiger partial charge in [0.1, 0.15) is 0 Å². The van der Waals surface area contributed by atoms with Gasteiger partial charge in [0.2, 0.25) is 0 Å². The van der Waals surface area contributed by atoms with Crippen LogP contribution < -0.4 is 5.32 Å². The Morgan fingerprint density at radius 3 is 2.52 bits per heavy atom. The Bertz CT molecular complexity index is 983. The summed E-state index contributed by atoms with van der Waals surface area (Å²) in [6, 6.07) is 8.31. The third-order valence-electron chi connectivity index (χ3n) is 4.08. The quantitative estimate of drug-likeness (QED) is 0.701. The number of nitrogens with one attached hydrogen (secondary N) is 1. The molecule has 2 aromatic heterocycles. The fourth-order valence-electron chi connectivity index (χ4n) is 2.46. The molecule has 27 heavy (non-hydrogen) atoms. The zero-order valence-corrected chi connectivity index (χ0v) is 15.3. The molecule has 0 saturated heterocycles. The summed E-state index contributed by atoms with van der Waals surface area (Å²) in [4.78, 5) is 16.5. The second kappa shape index (κ2) is 7.19. The van der Waals surface area contributed by atoms with Gasteiger partial charge in [-0.2, -0.15) is 18.3 Å². The van der Waals surface area contributed by atoms with Gasteiger partial charge >= 0.3 is 6.18 Å². The fourth-order valence-corrected chi connectivity index (χ4v) is 2.58. The highest BCUT2D eigenvalue weighted by molar-refractivity contribution is 6.30. The van der Waals surface area contributed by atoms with E-state index in [0.717, 1.165) is 6.07 Å². The van der Waals surface area contributed by atoms with E-state index in [-0.39, 0.29) is 23.1 Å². The van der Waals surface area contributed by atoms with Gasteiger partial charge in [-0.1, -0.05) is 30.7 Å². The SMILES string of the molecule is CC[C@H](C)NC(=O)c1cc2nc(-c3ccc(Cl)cc3)cc(C(F)(F)F)n2n1. The first-order chi connectivity index (χ1) is 12.7. The molecule has 0 bridgehead atoms. The molecule has 0 saturated carbocycles. The van der Waals surface area contributed by atoms with Crippen LogP contribution in [0.3, 0.4) is 0 Å². The van der Waals surface area contributed by atoms with Crippen molar-refractivity contribution < 1.29 is 18.0 Å². The Hall–Kier alpha value is -2.61. The Kier molecular flexibility index (Phi) is 5.10. The fraction of sp³-hybridized carbons (Fsp3) is 0.278. The maximum atomic E-state index is 13.5. The van der Waals surface area contributed by atoms with E-state index in [1.807, 2.05) is 6.92 Å². The lowest BCUT2D eigenvalue weighted by molar-refractivity contribution is -0.142. The molecule has 3 aromatic rings. The number of hydrogen-bond acceptors (Lipinski definition) is 3. The Morgan fingerprint density at radius 2 is 1.93 bits per heavy atom. The molecular formula is C18H16ClF3N4O. The third kappa shape index (κ3) is 4.05. The lowest BCUT2D eigenvalue weighted by atomic mass is 10.1. The van der Waals surface area contributed by atoms with Crippen LogP contribution in [0.25, 0.3) is 16.9 Å². The number of alkyl halides is 3. The van der Waals surface area contributed by atoms with Crippen molar-refractivity contribution in [3.8, 4) is 11.3 Å². The van der Waals surface area contributed by atoms with E-state index in [1.54, 1.807) is 31.2 Å². The average Bonchev–Trinajstić information content (AvgIpc) is 3.04. The summed E-state index contributed by atoms with van der Waals surface area (Å²) in [5.41, 5.74) is -0.620. The smallest absolute Gasteiger partial charge is 0.348 e. The predicted molar refractivity (Wildman–Crippen MR) is 95.7 cm³/mol. The first-order valence-electron chi connectivity index (χ1n) is 8.24. The molecule has 9 heteroatoms. The van der Waals surface area contributed by atoms with Gasteiger partial charge in [-0.15, -0.1) is 0 Å². The summed E-state index contributed by atoms with van der Waals surface area (Å²) < 4.78 is 41.3. The molecule has 0 aliphatic rings. The third-order valence-corrected chi connectivity index (χ3v) is 4.33. The van der Waals surface area contributed by atoms with Crippen molar-refractivity contribution in [1.82, 2.24) is 19.9 Å². The van der Waals surface area contributed by atoms with Crippen molar-refractivity contribution in [1.29, 1.82) is 0 Å². The van der Waals surface area contributed by atoms with E-state index in [1.165, 1.54) is 6.07 Å². The van der Waals surface area contributed by atoms with E-state index in [9.17, 15) is 18.0 Å². The molecule has 0 spiro atoms. The molecule has 0 fully saturated rings. The number of aromatic nitrogens is 3. The van der Waals surface area contributed by atoms with Gasteiger partial charge in [0.25, 0.3) is 5.91 Å². The predicted octanol–water partition coefficient (Wildman–Crippen LogP) is 4.60. The minimum atomic E-state index is -4.67. The van der Waals surface area contributed by atoms with Crippen LogP contribution in [0.1, 0.15) is 36.5 Å². The van der Waals surface area contributed by atoms with Gasteiger partial charge in [-0.25, -0.2) is 9.50 Å². The number of hydrogen-bond donors (Lipinski definition) is 1. The van der Waals surface area contributed by atoms with E-state index >= 15 is 0 Å². The first kappa shape index (κ1) is 19.2. The molecule has 0 unspecified atom stereocenters. The summed E-state index contributed by atoms with van der Waals surface area (Å²) in [6.07, 6.45) is -3.98. The molecule has 1 aromatic carbocycles. The van der Waals surface area contributed by atoms with E-state index in [2.05, 4.69) is 15.4 Å². The molecule has 1 amide bonds. The molecular weight excluding hydrogens is 381 g/mol. The lowest BCUT2D eigenvalue weighted by Gasteiger charge is -2.11. The zero-order chi connectivity index (χ0) is 19.8. The van der Waals surface area contributed by atoms with Gasteiger partial charge in [0, 0.05) is 22.7 Å². The van der Waals surface area contributed by atoms with Crippen LogP contribution >= 0.6 is 11.6 Å². The molecule has 5 nitrogen and oxygen atoms in total. The van der Waals surface area contributed by atoms with Crippen molar-refractivity contribution in [3.63, 3.8) is 0 Å². The molecule has 3 rings (SSSR count). The monoisotopic (exact) mass is 396 g/mol. The Balaban J connectivity index is 2.13. The van der Waals surface area contributed by atoms with Gasteiger partial charge in [-0.3, -0.25) is 4.79 Å². The molecule has 0 aliphatic heterocycles. The summed E-state index contributed by atoms with van der Waals surface area (Å²) >= 11 is 5.83. The molecule has 2 heterocycles. The standard InChI is InChI=1S/C18H16ClF3N4O/c1-3-10(2)23-17(27)14-9-16-24-13(11-4-6-12(19)7-5-11)8-15(18(20,21)22)26(16)25-14/h4-10H,3H2,1-2H3,(H,23,27)/t10-/m0/s1. The van der Waals surface area contributed by atoms with Gasteiger partial charge < -0.3 is 5.32 Å². The van der Waals surface area contributed by atoms with Crippen LogP contribution in [-0.2, 0) is 6.18 Å². The minimum absolute atomic E-state index is 0.0657. The summed E-state index contributed by atoms with van der Waals surface area (Å²) in [6.45, 7) is 3.68. The van der Waals surface area contributed by atoms with Crippen LogP contribution in [0, 0.1) is 0 Å². The Morgan fingerprint density at radius 1 is 1.26 bits per heavy atom. The van der Waals surface area contributed by atoms with Crippen LogP contribution in [-0.4, -0.2) is 26.5 Å². The minimum Gasteiger partial charge on any atom is -0.348 e. The lowest BCUT2D eigenvalue weighted by Crippen LogP contribution is -2.32. The van der Waals surface area contributed by atoms with Crippen molar-refractivity contribution in [2.75, 3.05) is 0 Å². The Labute approximate surface area is 158 Å². The van der Waals surface area contributed by atoms with Crippen LogP contribution in [0.15, 0.2) is 36.4 Å². The van der Waals surface area contributed by atoms with Crippen LogP contribution in [0.4, 0.5) is 13.2 Å². The number of fused-ring (bicyclic) bond motifs is 1. The number of nitrogens with zero attached hydrogens (tertiary/aromatic N) is 3. The number of carbonyl (C=O) groups is 1. The summed E-state index contributed by atoms with van der Waals surface area (Å²) in [5, 5.41) is 6.96. The molecule has 1 N–H and O–H groups in total. The van der Waals surface area contributed by atoms with Crippen LogP contribution in [0.2, 0.25) is 5.02 Å². The van der Waals surface area contributed by atoms with E-state index in [4.69, 9.17) is 11.6 Å². The van der Waals surface area contributed by atoms with Gasteiger partial charge in [-0.05, 0) is 31.5 Å². The van der Waals surface area contributed by atoms with Gasteiger partial charge in [0.05, 0.1) is 5.69 Å². The van der Waals surface area contributed by atoms with E-state index < -0.39 is 17.8 Å². The topological polar surface area (TPSA) is 59.3 Å². The van der Waals surface area contributed by atoms with Crippen molar-refractivity contribution in [2.45, 2.75) is 32.5 Å². The maximum Gasteiger partial charge on any atom is 0.433 e. The normalized spacial score (nSPS) is 13.0. The number of carbonyl (C=O) groups excluding carboxylic acids is 1. The number of amides is 1.